The van der Waals surface area contributed by atoms with Gasteiger partial charge < -0.3 is 15.5 Å². The predicted molar refractivity (Wildman–Crippen MR) is 137 cm³/mol. The lowest BCUT2D eigenvalue weighted by molar-refractivity contribution is 0.0951. The van der Waals surface area contributed by atoms with Crippen molar-refractivity contribution in [1.82, 2.24) is 10.3 Å². The standard InChI is InChI=1S/C28H32N4O2/c1-4-32(5-2)26-16-23(14-15-29-26)28(34)31-24-13-6-19(3)25(17-24)21-9-11-22(12-10-21)27(33)30-18-20-7-8-20/h6,9-17,20H,4-5,7-8,18H2,1-3H3,(H,30,33)(H,31,34). The van der Waals surface area contributed by atoms with Crippen molar-refractivity contribution in [2.45, 2.75) is 33.6 Å². The summed E-state index contributed by atoms with van der Waals surface area (Å²) < 4.78 is 0. The molecule has 0 atom stereocenters. The van der Waals surface area contributed by atoms with E-state index in [0.29, 0.717) is 17.0 Å². The molecule has 2 amide bonds. The van der Waals surface area contributed by atoms with Crippen molar-refractivity contribution in [3.8, 4) is 11.1 Å². The van der Waals surface area contributed by atoms with Crippen LogP contribution in [0.1, 0.15) is 53.0 Å². The molecule has 6 nitrogen and oxygen atoms in total. The number of aromatic nitrogens is 1. The fraction of sp³-hybridized carbons (Fsp3) is 0.321. The van der Waals surface area contributed by atoms with Crippen LogP contribution in [-0.4, -0.2) is 36.4 Å². The number of carbonyl (C=O) groups excluding carboxylic acids is 2. The summed E-state index contributed by atoms with van der Waals surface area (Å²) in [7, 11) is 0. The van der Waals surface area contributed by atoms with Gasteiger partial charge in [-0.25, -0.2) is 4.98 Å². The first-order valence-corrected chi connectivity index (χ1v) is 12.0. The maximum absolute atomic E-state index is 12.9. The molecule has 4 rings (SSSR count). The molecule has 1 saturated carbocycles. The first kappa shape index (κ1) is 23.5. The molecule has 1 heterocycles. The first-order valence-electron chi connectivity index (χ1n) is 12.0. The van der Waals surface area contributed by atoms with Crippen LogP contribution in [0.4, 0.5) is 11.5 Å². The topological polar surface area (TPSA) is 74.3 Å². The van der Waals surface area contributed by atoms with Crippen LogP contribution in [0.2, 0.25) is 0 Å². The first-order chi connectivity index (χ1) is 16.5. The molecule has 34 heavy (non-hydrogen) atoms. The van der Waals surface area contributed by atoms with Crippen LogP contribution in [0.5, 0.6) is 0 Å². The second kappa shape index (κ2) is 10.5. The quantitative estimate of drug-likeness (QED) is 0.458. The summed E-state index contributed by atoms with van der Waals surface area (Å²) in [5, 5.41) is 6.01. The van der Waals surface area contributed by atoms with Gasteiger partial charge in [0, 0.05) is 42.6 Å². The summed E-state index contributed by atoms with van der Waals surface area (Å²) in [6.45, 7) is 8.59. The molecule has 1 aromatic heterocycles. The largest absolute Gasteiger partial charge is 0.357 e. The number of anilines is 2. The van der Waals surface area contributed by atoms with Crippen molar-refractivity contribution in [1.29, 1.82) is 0 Å². The van der Waals surface area contributed by atoms with Crippen molar-refractivity contribution < 1.29 is 9.59 Å². The van der Waals surface area contributed by atoms with Crippen LogP contribution < -0.4 is 15.5 Å². The maximum Gasteiger partial charge on any atom is 0.255 e. The van der Waals surface area contributed by atoms with E-state index in [2.05, 4.69) is 34.4 Å². The minimum Gasteiger partial charge on any atom is -0.357 e. The number of nitrogens with one attached hydrogen (secondary N) is 2. The number of nitrogens with zero attached hydrogens (tertiary/aromatic N) is 2. The Morgan fingerprint density at radius 3 is 2.35 bits per heavy atom. The van der Waals surface area contributed by atoms with Gasteiger partial charge in [-0.15, -0.1) is 0 Å². The van der Waals surface area contributed by atoms with Crippen LogP contribution in [0.25, 0.3) is 11.1 Å². The van der Waals surface area contributed by atoms with Gasteiger partial charge >= 0.3 is 0 Å². The van der Waals surface area contributed by atoms with Crippen molar-refractivity contribution >= 4 is 23.3 Å². The lowest BCUT2D eigenvalue weighted by atomic mass is 9.98. The zero-order chi connectivity index (χ0) is 24.1. The molecular weight excluding hydrogens is 424 g/mol. The van der Waals surface area contributed by atoms with Crippen molar-refractivity contribution in [2.24, 2.45) is 5.92 Å². The highest BCUT2D eigenvalue weighted by Gasteiger charge is 2.21. The molecule has 0 spiro atoms. The zero-order valence-corrected chi connectivity index (χ0v) is 20.1. The fourth-order valence-corrected chi connectivity index (χ4v) is 3.96. The minimum absolute atomic E-state index is 0.0300. The number of hydrogen-bond acceptors (Lipinski definition) is 4. The molecule has 0 bridgehead atoms. The second-order valence-electron chi connectivity index (χ2n) is 8.79. The summed E-state index contributed by atoms with van der Waals surface area (Å²) in [4.78, 5) is 31.8. The molecule has 2 aromatic carbocycles. The Balaban J connectivity index is 1.48. The van der Waals surface area contributed by atoms with E-state index >= 15 is 0 Å². The lowest BCUT2D eigenvalue weighted by Gasteiger charge is -2.20. The number of amides is 2. The molecule has 1 fully saturated rings. The zero-order valence-electron chi connectivity index (χ0n) is 20.1. The molecule has 2 N–H and O–H groups in total. The monoisotopic (exact) mass is 456 g/mol. The highest BCUT2D eigenvalue weighted by atomic mass is 16.2. The summed E-state index contributed by atoms with van der Waals surface area (Å²) in [6.07, 6.45) is 4.10. The van der Waals surface area contributed by atoms with E-state index in [1.54, 1.807) is 12.3 Å². The van der Waals surface area contributed by atoms with E-state index in [9.17, 15) is 9.59 Å². The number of pyridine rings is 1. The lowest BCUT2D eigenvalue weighted by Crippen LogP contribution is -2.25. The summed E-state index contributed by atoms with van der Waals surface area (Å²) in [5.41, 5.74) is 5.06. The van der Waals surface area contributed by atoms with Gasteiger partial charge in [0.15, 0.2) is 0 Å². The second-order valence-corrected chi connectivity index (χ2v) is 8.79. The molecule has 0 saturated heterocycles. The highest BCUT2D eigenvalue weighted by Crippen LogP contribution is 2.29. The molecule has 1 aliphatic rings. The van der Waals surface area contributed by atoms with Gasteiger partial charge in [0.05, 0.1) is 0 Å². The SMILES string of the molecule is CCN(CC)c1cc(C(=O)Nc2ccc(C)c(-c3ccc(C(=O)NCC4CC4)cc3)c2)ccn1. The van der Waals surface area contributed by atoms with E-state index < -0.39 is 0 Å². The van der Waals surface area contributed by atoms with Gasteiger partial charge in [-0.1, -0.05) is 18.2 Å². The molecule has 176 valence electrons. The summed E-state index contributed by atoms with van der Waals surface area (Å²) in [5.74, 6) is 1.24. The normalized spacial score (nSPS) is 12.8. The maximum atomic E-state index is 12.9. The van der Waals surface area contributed by atoms with Crippen molar-refractivity contribution in [2.75, 3.05) is 29.9 Å². The molecular formula is C28H32N4O2. The Bertz CT molecular complexity index is 1170. The molecule has 0 aliphatic heterocycles. The molecule has 6 heteroatoms. The number of aryl methyl sites for hydroxylation is 1. The van der Waals surface area contributed by atoms with Crippen LogP contribution in [0, 0.1) is 12.8 Å². The van der Waals surface area contributed by atoms with Crippen LogP contribution in [0.3, 0.4) is 0 Å². The number of hydrogen-bond donors (Lipinski definition) is 2. The Morgan fingerprint density at radius 2 is 1.68 bits per heavy atom. The van der Waals surface area contributed by atoms with Crippen LogP contribution >= 0.6 is 0 Å². The van der Waals surface area contributed by atoms with E-state index in [4.69, 9.17) is 0 Å². The smallest absolute Gasteiger partial charge is 0.255 e. The molecule has 3 aromatic rings. The molecule has 0 unspecified atom stereocenters. The summed E-state index contributed by atoms with van der Waals surface area (Å²) >= 11 is 0. The van der Waals surface area contributed by atoms with Crippen molar-refractivity contribution in [3.05, 3.63) is 77.5 Å². The average molecular weight is 457 g/mol. The number of carbonyl (C=O) groups is 2. The third kappa shape index (κ3) is 5.63. The van der Waals surface area contributed by atoms with Crippen LogP contribution in [-0.2, 0) is 0 Å². The third-order valence-electron chi connectivity index (χ3n) is 6.30. The molecule has 0 radical (unpaired) electrons. The Labute approximate surface area is 201 Å². The average Bonchev–Trinajstić information content (AvgIpc) is 3.69. The minimum atomic E-state index is -0.173. The number of benzene rings is 2. The Morgan fingerprint density at radius 1 is 0.941 bits per heavy atom. The van der Waals surface area contributed by atoms with Gasteiger partial charge in [0.1, 0.15) is 5.82 Å². The highest BCUT2D eigenvalue weighted by molar-refractivity contribution is 6.05. The van der Waals surface area contributed by atoms with E-state index in [-0.39, 0.29) is 11.8 Å². The summed E-state index contributed by atoms with van der Waals surface area (Å²) in [6, 6.07) is 17.1. The van der Waals surface area contributed by atoms with Crippen LogP contribution in [0.15, 0.2) is 60.8 Å². The van der Waals surface area contributed by atoms with Gasteiger partial charge in [-0.3, -0.25) is 9.59 Å². The third-order valence-corrected chi connectivity index (χ3v) is 6.30. The van der Waals surface area contributed by atoms with E-state index in [1.165, 1.54) is 12.8 Å². The van der Waals surface area contributed by atoms with Gasteiger partial charge in [0.25, 0.3) is 11.8 Å². The van der Waals surface area contributed by atoms with E-state index in [1.807, 2.05) is 55.5 Å². The van der Waals surface area contributed by atoms with Gasteiger partial charge in [0.2, 0.25) is 0 Å². The van der Waals surface area contributed by atoms with Gasteiger partial charge in [-0.05, 0) is 92.6 Å². The van der Waals surface area contributed by atoms with Crippen molar-refractivity contribution in [3.63, 3.8) is 0 Å². The number of rotatable bonds is 9. The Hall–Kier alpha value is -3.67. The predicted octanol–water partition coefficient (Wildman–Crippen LogP) is 5.30. The fourth-order valence-electron chi connectivity index (χ4n) is 3.96. The van der Waals surface area contributed by atoms with E-state index in [0.717, 1.165) is 47.8 Å². The van der Waals surface area contributed by atoms with Gasteiger partial charge in [-0.2, -0.15) is 0 Å². The Kier molecular flexibility index (Phi) is 7.26. The molecule has 1 aliphatic carbocycles.